The van der Waals surface area contributed by atoms with Gasteiger partial charge in [-0.05, 0) is 30.3 Å². The van der Waals surface area contributed by atoms with Crippen LogP contribution >= 0.6 is 15.9 Å². The van der Waals surface area contributed by atoms with E-state index in [-0.39, 0.29) is 0 Å². The third-order valence-electron chi connectivity index (χ3n) is 3.31. The van der Waals surface area contributed by atoms with Crippen molar-refractivity contribution in [3.63, 3.8) is 0 Å². The molecule has 0 aliphatic heterocycles. The number of benzene rings is 2. The zero-order valence-electron chi connectivity index (χ0n) is 11.7. The maximum Gasteiger partial charge on any atom is 0.119 e. The fraction of sp³-hybridized carbons (Fsp3) is 0.118. The molecule has 0 N–H and O–H groups in total. The molecule has 106 valence electrons. The van der Waals surface area contributed by atoms with Gasteiger partial charge in [-0.15, -0.1) is 0 Å². The second-order valence-electron chi connectivity index (χ2n) is 4.63. The van der Waals surface area contributed by atoms with Gasteiger partial charge in [0.05, 0.1) is 24.2 Å². The molecule has 0 spiro atoms. The number of hydrogen-bond acceptors (Lipinski definition) is 2. The van der Waals surface area contributed by atoms with Crippen LogP contribution in [0.4, 0.5) is 0 Å². The first-order valence-electron chi connectivity index (χ1n) is 6.66. The van der Waals surface area contributed by atoms with Crippen LogP contribution in [0.15, 0.2) is 60.7 Å². The normalized spacial score (nSPS) is 10.6. The maximum atomic E-state index is 5.20. The van der Waals surface area contributed by atoms with E-state index in [0.29, 0.717) is 0 Å². The number of ether oxygens (including phenoxy) is 1. The Morgan fingerprint density at radius 3 is 2.38 bits per heavy atom. The molecule has 0 aliphatic carbocycles. The fourth-order valence-corrected chi connectivity index (χ4v) is 2.61. The monoisotopic (exact) mass is 342 g/mol. The quantitative estimate of drug-likeness (QED) is 0.655. The van der Waals surface area contributed by atoms with Gasteiger partial charge in [0.25, 0.3) is 0 Å². The Kier molecular flexibility index (Phi) is 4.06. The Hall–Kier alpha value is -2.07. The van der Waals surface area contributed by atoms with E-state index in [0.717, 1.165) is 33.7 Å². The zero-order valence-corrected chi connectivity index (χ0v) is 13.2. The molecule has 0 unspecified atom stereocenters. The van der Waals surface area contributed by atoms with Crippen molar-refractivity contribution in [1.82, 2.24) is 9.78 Å². The van der Waals surface area contributed by atoms with Crippen LogP contribution in [0, 0.1) is 0 Å². The van der Waals surface area contributed by atoms with Crippen LogP contribution in [-0.2, 0) is 5.33 Å². The van der Waals surface area contributed by atoms with Crippen LogP contribution in [0.3, 0.4) is 0 Å². The van der Waals surface area contributed by atoms with Crippen LogP contribution in [0.1, 0.15) is 5.69 Å². The van der Waals surface area contributed by atoms with Gasteiger partial charge in [-0.3, -0.25) is 0 Å². The summed E-state index contributed by atoms with van der Waals surface area (Å²) in [4.78, 5) is 0. The average molecular weight is 343 g/mol. The van der Waals surface area contributed by atoms with Gasteiger partial charge in [-0.1, -0.05) is 46.3 Å². The number of methoxy groups -OCH3 is 1. The van der Waals surface area contributed by atoms with Gasteiger partial charge in [-0.2, -0.15) is 5.10 Å². The highest BCUT2D eigenvalue weighted by molar-refractivity contribution is 9.08. The van der Waals surface area contributed by atoms with Crippen molar-refractivity contribution in [2.45, 2.75) is 5.33 Å². The molecule has 1 heterocycles. The topological polar surface area (TPSA) is 27.1 Å². The number of rotatable bonds is 4. The van der Waals surface area contributed by atoms with E-state index in [4.69, 9.17) is 9.84 Å². The van der Waals surface area contributed by atoms with Crippen molar-refractivity contribution in [2.75, 3.05) is 7.11 Å². The summed E-state index contributed by atoms with van der Waals surface area (Å²) in [6.07, 6.45) is 0. The van der Waals surface area contributed by atoms with E-state index in [1.807, 2.05) is 47.1 Å². The lowest BCUT2D eigenvalue weighted by Gasteiger charge is -2.06. The highest BCUT2D eigenvalue weighted by atomic mass is 79.9. The Bertz CT molecular complexity index is 720. The lowest BCUT2D eigenvalue weighted by Crippen LogP contribution is -2.00. The minimum atomic E-state index is 0.749. The SMILES string of the molecule is COc1ccc(-n2nc(-c3ccccc3)cc2CBr)cc1. The predicted molar refractivity (Wildman–Crippen MR) is 88.2 cm³/mol. The molecule has 0 fully saturated rings. The molecule has 0 saturated carbocycles. The Balaban J connectivity index is 2.03. The highest BCUT2D eigenvalue weighted by Crippen LogP contribution is 2.23. The van der Waals surface area contributed by atoms with Crippen LogP contribution in [0.25, 0.3) is 16.9 Å². The molecule has 0 aliphatic rings. The molecule has 1 aromatic heterocycles. The lowest BCUT2D eigenvalue weighted by atomic mass is 10.1. The second-order valence-corrected chi connectivity index (χ2v) is 5.19. The smallest absolute Gasteiger partial charge is 0.119 e. The zero-order chi connectivity index (χ0) is 14.7. The van der Waals surface area contributed by atoms with Gasteiger partial charge in [0.2, 0.25) is 0 Å². The van der Waals surface area contributed by atoms with E-state index < -0.39 is 0 Å². The summed E-state index contributed by atoms with van der Waals surface area (Å²) in [5.74, 6) is 0.842. The number of alkyl halides is 1. The van der Waals surface area contributed by atoms with E-state index >= 15 is 0 Å². The molecule has 0 atom stereocenters. The third-order valence-corrected chi connectivity index (χ3v) is 3.88. The van der Waals surface area contributed by atoms with Gasteiger partial charge in [0.1, 0.15) is 5.75 Å². The number of aromatic nitrogens is 2. The molecule has 4 heteroatoms. The van der Waals surface area contributed by atoms with Crippen LogP contribution in [0.5, 0.6) is 5.75 Å². The molecule has 2 aromatic carbocycles. The largest absolute Gasteiger partial charge is 0.497 e. The summed E-state index contributed by atoms with van der Waals surface area (Å²) in [6.45, 7) is 0. The van der Waals surface area contributed by atoms with E-state index in [2.05, 4.69) is 34.1 Å². The number of nitrogens with zero attached hydrogens (tertiary/aromatic N) is 2. The number of hydrogen-bond donors (Lipinski definition) is 0. The Labute approximate surface area is 132 Å². The summed E-state index contributed by atoms with van der Waals surface area (Å²) in [6, 6.07) is 20.2. The van der Waals surface area contributed by atoms with Crippen molar-refractivity contribution in [1.29, 1.82) is 0 Å². The van der Waals surface area contributed by atoms with E-state index in [9.17, 15) is 0 Å². The molecule has 3 rings (SSSR count). The lowest BCUT2D eigenvalue weighted by molar-refractivity contribution is 0.414. The first kappa shape index (κ1) is 13.9. The second kappa shape index (κ2) is 6.14. The fourth-order valence-electron chi connectivity index (χ4n) is 2.21. The average Bonchev–Trinajstić information content (AvgIpc) is 3.00. The molecule has 3 aromatic rings. The first-order valence-corrected chi connectivity index (χ1v) is 7.78. The van der Waals surface area contributed by atoms with Crippen molar-refractivity contribution in [3.05, 3.63) is 66.4 Å². The standard InChI is InChI=1S/C17H15BrN2O/c1-21-16-9-7-14(8-10-16)20-15(12-18)11-17(19-20)13-5-3-2-4-6-13/h2-11H,12H2,1H3. The van der Waals surface area contributed by atoms with Gasteiger partial charge < -0.3 is 4.74 Å². The van der Waals surface area contributed by atoms with E-state index in [1.54, 1.807) is 7.11 Å². The molecular weight excluding hydrogens is 328 g/mol. The maximum absolute atomic E-state index is 5.20. The van der Waals surface area contributed by atoms with Crippen molar-refractivity contribution >= 4 is 15.9 Å². The summed E-state index contributed by atoms with van der Waals surface area (Å²) < 4.78 is 7.15. The first-order chi connectivity index (χ1) is 10.3. The van der Waals surface area contributed by atoms with Crippen molar-refractivity contribution in [3.8, 4) is 22.7 Å². The minimum absolute atomic E-state index is 0.749. The summed E-state index contributed by atoms with van der Waals surface area (Å²) in [5.41, 5.74) is 4.22. The van der Waals surface area contributed by atoms with E-state index in [1.165, 1.54) is 0 Å². The predicted octanol–water partition coefficient (Wildman–Crippen LogP) is 4.44. The highest BCUT2D eigenvalue weighted by Gasteiger charge is 2.10. The molecule has 21 heavy (non-hydrogen) atoms. The van der Waals surface area contributed by atoms with Crippen LogP contribution in [-0.4, -0.2) is 16.9 Å². The summed E-state index contributed by atoms with van der Waals surface area (Å²) >= 11 is 3.53. The number of halogens is 1. The molecule has 0 amide bonds. The van der Waals surface area contributed by atoms with Gasteiger partial charge >= 0.3 is 0 Å². The van der Waals surface area contributed by atoms with Gasteiger partial charge in [0, 0.05) is 10.9 Å². The third kappa shape index (κ3) is 2.85. The van der Waals surface area contributed by atoms with Crippen molar-refractivity contribution < 1.29 is 4.74 Å². The van der Waals surface area contributed by atoms with Crippen LogP contribution in [0.2, 0.25) is 0 Å². The summed E-state index contributed by atoms with van der Waals surface area (Å²) in [7, 11) is 1.67. The van der Waals surface area contributed by atoms with Gasteiger partial charge in [-0.25, -0.2) is 4.68 Å². The molecule has 0 bridgehead atoms. The van der Waals surface area contributed by atoms with Gasteiger partial charge in [0.15, 0.2) is 0 Å². The van der Waals surface area contributed by atoms with Crippen molar-refractivity contribution in [2.24, 2.45) is 0 Å². The Morgan fingerprint density at radius 2 is 1.76 bits per heavy atom. The van der Waals surface area contributed by atoms with Crippen LogP contribution < -0.4 is 4.74 Å². The molecular formula is C17H15BrN2O. The molecule has 3 nitrogen and oxygen atoms in total. The molecule has 0 saturated heterocycles. The summed E-state index contributed by atoms with van der Waals surface area (Å²) in [5, 5.41) is 5.47. The molecule has 0 radical (unpaired) electrons. The minimum Gasteiger partial charge on any atom is -0.497 e. The Morgan fingerprint density at radius 1 is 1.05 bits per heavy atom.